The number of rotatable bonds is 1. The average molecular weight is 293 g/mol. The van der Waals surface area contributed by atoms with Gasteiger partial charge in [0.2, 0.25) is 5.69 Å². The van der Waals surface area contributed by atoms with Crippen LogP contribution in [0.3, 0.4) is 0 Å². The quantitative estimate of drug-likeness (QED) is 0.665. The van der Waals surface area contributed by atoms with Crippen molar-refractivity contribution in [1.29, 1.82) is 0 Å². The van der Waals surface area contributed by atoms with E-state index in [9.17, 15) is 5.11 Å². The second-order valence-electron chi connectivity index (χ2n) is 7.00. The lowest BCUT2D eigenvalue weighted by molar-refractivity contribution is -0.739. The fourth-order valence-corrected chi connectivity index (χ4v) is 4.78. The van der Waals surface area contributed by atoms with Gasteiger partial charge in [-0.05, 0) is 24.3 Å². The van der Waals surface area contributed by atoms with E-state index in [0.29, 0.717) is 24.5 Å². The standard InChI is InChI=1S/C19H20N2O/c22-11-12-5-6-14-9-13(12)10-18-19-16(7-8-21(14)18)15-3-1-2-4-17(15)20-19/h1-4,7-8,12-14,22H,5-6,9-11H2/p+1/t12-,13+,14+/m0/s1. The molecule has 1 saturated carbocycles. The Kier molecular flexibility index (Phi) is 2.62. The molecule has 3 aromatic rings. The molecule has 2 N–H and O–H groups in total. The van der Waals surface area contributed by atoms with Crippen molar-refractivity contribution in [2.75, 3.05) is 6.61 Å². The van der Waals surface area contributed by atoms with E-state index >= 15 is 0 Å². The van der Waals surface area contributed by atoms with Crippen LogP contribution in [0.2, 0.25) is 0 Å². The van der Waals surface area contributed by atoms with E-state index in [-0.39, 0.29) is 0 Å². The summed E-state index contributed by atoms with van der Waals surface area (Å²) < 4.78 is 2.50. The summed E-state index contributed by atoms with van der Waals surface area (Å²) in [6.07, 6.45) is 6.98. The fourth-order valence-electron chi connectivity index (χ4n) is 4.78. The molecule has 5 rings (SSSR count). The second-order valence-corrected chi connectivity index (χ2v) is 7.00. The van der Waals surface area contributed by atoms with E-state index in [1.54, 1.807) is 0 Å². The highest BCUT2D eigenvalue weighted by Gasteiger charge is 2.42. The van der Waals surface area contributed by atoms with Crippen molar-refractivity contribution in [3.8, 4) is 0 Å². The smallest absolute Gasteiger partial charge is 0.206 e. The van der Waals surface area contributed by atoms with Crippen LogP contribution in [0.5, 0.6) is 0 Å². The molecule has 3 nitrogen and oxygen atoms in total. The predicted molar refractivity (Wildman–Crippen MR) is 86.7 cm³/mol. The Balaban J connectivity index is 1.75. The molecule has 3 heteroatoms. The molecule has 1 fully saturated rings. The van der Waals surface area contributed by atoms with Gasteiger partial charge in [0, 0.05) is 48.2 Å². The van der Waals surface area contributed by atoms with Crippen molar-refractivity contribution < 1.29 is 9.67 Å². The maximum absolute atomic E-state index is 9.66. The van der Waals surface area contributed by atoms with Gasteiger partial charge in [-0.2, -0.15) is 4.57 Å². The number of nitrogens with one attached hydrogen (secondary N) is 1. The first-order chi connectivity index (χ1) is 10.8. The van der Waals surface area contributed by atoms with Crippen LogP contribution < -0.4 is 4.57 Å². The van der Waals surface area contributed by atoms with Crippen LogP contribution in [-0.2, 0) is 6.42 Å². The second kappa shape index (κ2) is 4.56. The van der Waals surface area contributed by atoms with Crippen LogP contribution in [0.4, 0.5) is 0 Å². The van der Waals surface area contributed by atoms with Gasteiger partial charge in [-0.1, -0.05) is 18.2 Å². The normalized spacial score (nSPS) is 27.2. The van der Waals surface area contributed by atoms with Crippen LogP contribution in [0.25, 0.3) is 21.8 Å². The maximum Gasteiger partial charge on any atom is 0.206 e. The zero-order valence-corrected chi connectivity index (χ0v) is 12.6. The van der Waals surface area contributed by atoms with E-state index < -0.39 is 0 Å². The summed E-state index contributed by atoms with van der Waals surface area (Å²) in [6, 6.07) is 11.5. The van der Waals surface area contributed by atoms with Gasteiger partial charge in [-0.15, -0.1) is 0 Å². The van der Waals surface area contributed by atoms with Crippen molar-refractivity contribution in [3.05, 3.63) is 42.2 Å². The third kappa shape index (κ3) is 1.63. The Morgan fingerprint density at radius 1 is 1.14 bits per heavy atom. The van der Waals surface area contributed by atoms with Gasteiger partial charge < -0.3 is 10.1 Å². The SMILES string of the molecule is OC[C@@H]1CC[C@@H]2C[C@@H]1Cc1c3[nH]c4ccccc4c3cc[n+]12. The van der Waals surface area contributed by atoms with E-state index in [4.69, 9.17) is 0 Å². The van der Waals surface area contributed by atoms with Crippen LogP contribution in [0, 0.1) is 11.8 Å². The third-order valence-corrected chi connectivity index (χ3v) is 5.94. The number of pyridine rings is 1. The molecule has 22 heavy (non-hydrogen) atoms. The Hall–Kier alpha value is -1.87. The summed E-state index contributed by atoms with van der Waals surface area (Å²) in [5.41, 5.74) is 3.96. The molecule has 3 heterocycles. The minimum absolute atomic E-state index is 0.347. The molecule has 3 atom stereocenters. The number of aromatic amines is 1. The monoisotopic (exact) mass is 293 g/mol. The van der Waals surface area contributed by atoms with Crippen LogP contribution in [-0.4, -0.2) is 16.7 Å². The summed E-state index contributed by atoms with van der Waals surface area (Å²) in [4.78, 5) is 3.64. The van der Waals surface area contributed by atoms with Gasteiger partial charge >= 0.3 is 0 Å². The van der Waals surface area contributed by atoms with Gasteiger partial charge in [0.1, 0.15) is 5.52 Å². The highest BCUT2D eigenvalue weighted by Crippen LogP contribution is 2.40. The number of para-hydroxylation sites is 1. The molecule has 0 unspecified atom stereocenters. The number of aromatic nitrogens is 2. The number of fused-ring (bicyclic) bond motifs is 8. The van der Waals surface area contributed by atoms with E-state index in [1.807, 2.05) is 0 Å². The van der Waals surface area contributed by atoms with Crippen LogP contribution in [0.15, 0.2) is 36.5 Å². The van der Waals surface area contributed by atoms with E-state index in [2.05, 4.69) is 46.1 Å². The number of aliphatic hydroxyl groups excluding tert-OH is 1. The molecule has 1 aliphatic carbocycles. The Bertz CT molecular complexity index is 866. The maximum atomic E-state index is 9.66. The van der Waals surface area contributed by atoms with Crippen molar-refractivity contribution >= 4 is 21.8 Å². The zero-order valence-electron chi connectivity index (χ0n) is 12.6. The number of nitrogens with zero attached hydrogens (tertiary/aromatic N) is 1. The van der Waals surface area contributed by atoms with Gasteiger partial charge in [0.25, 0.3) is 0 Å². The summed E-state index contributed by atoms with van der Waals surface area (Å²) in [7, 11) is 0. The van der Waals surface area contributed by atoms with Gasteiger partial charge in [-0.25, -0.2) is 0 Å². The van der Waals surface area contributed by atoms with E-state index in [0.717, 1.165) is 6.42 Å². The number of hydrogen-bond acceptors (Lipinski definition) is 1. The topological polar surface area (TPSA) is 39.9 Å². The third-order valence-electron chi connectivity index (χ3n) is 5.94. The van der Waals surface area contributed by atoms with Gasteiger partial charge in [0.05, 0.1) is 0 Å². The Labute approximate surface area is 129 Å². The molecule has 1 aliphatic heterocycles. The molecular formula is C19H21N2O+. The molecule has 0 amide bonds. The Morgan fingerprint density at radius 2 is 2.05 bits per heavy atom. The predicted octanol–water partition coefficient (Wildman–Crippen LogP) is 3.11. The number of hydrogen-bond donors (Lipinski definition) is 2. The van der Waals surface area contributed by atoms with Crippen molar-refractivity contribution in [1.82, 2.24) is 4.98 Å². The first-order valence-electron chi connectivity index (χ1n) is 8.39. The summed E-state index contributed by atoms with van der Waals surface area (Å²) in [5, 5.41) is 12.3. The largest absolute Gasteiger partial charge is 0.396 e. The number of H-pyrrole nitrogens is 1. The van der Waals surface area contributed by atoms with E-state index in [1.165, 1.54) is 46.8 Å². The lowest BCUT2D eigenvalue weighted by atomic mass is 9.72. The molecular weight excluding hydrogens is 272 g/mol. The fraction of sp³-hybridized carbons (Fsp3) is 0.421. The van der Waals surface area contributed by atoms with Gasteiger partial charge in [-0.3, -0.25) is 0 Å². The highest BCUT2D eigenvalue weighted by molar-refractivity contribution is 6.07. The lowest BCUT2D eigenvalue weighted by Crippen LogP contribution is -2.52. The average Bonchev–Trinajstić information content (AvgIpc) is 2.94. The van der Waals surface area contributed by atoms with Crippen molar-refractivity contribution in [3.63, 3.8) is 0 Å². The lowest BCUT2D eigenvalue weighted by Gasteiger charge is -2.36. The molecule has 0 spiro atoms. The molecule has 2 aromatic heterocycles. The first-order valence-corrected chi connectivity index (χ1v) is 8.39. The molecule has 2 aliphatic rings. The summed E-state index contributed by atoms with van der Waals surface area (Å²) in [5.74, 6) is 1.13. The van der Waals surface area contributed by atoms with Gasteiger partial charge in [0.15, 0.2) is 12.2 Å². The number of benzene rings is 1. The molecule has 1 aromatic carbocycles. The molecule has 0 saturated heterocycles. The zero-order chi connectivity index (χ0) is 14.7. The molecule has 0 radical (unpaired) electrons. The summed E-state index contributed by atoms with van der Waals surface area (Å²) >= 11 is 0. The highest BCUT2D eigenvalue weighted by atomic mass is 16.3. The van der Waals surface area contributed by atoms with Crippen molar-refractivity contribution in [2.45, 2.75) is 31.7 Å². The minimum atomic E-state index is 0.347. The van der Waals surface area contributed by atoms with Crippen LogP contribution >= 0.6 is 0 Å². The molecule has 112 valence electrons. The Morgan fingerprint density at radius 3 is 2.95 bits per heavy atom. The van der Waals surface area contributed by atoms with Crippen LogP contribution in [0.1, 0.15) is 31.0 Å². The van der Waals surface area contributed by atoms with Crippen molar-refractivity contribution in [2.24, 2.45) is 11.8 Å². The summed E-state index contributed by atoms with van der Waals surface area (Å²) in [6.45, 7) is 0.347. The first kappa shape index (κ1) is 12.7. The minimum Gasteiger partial charge on any atom is -0.396 e. The number of aliphatic hydroxyl groups is 1. The molecule has 2 bridgehead atoms.